The molecule has 0 spiro atoms. The predicted octanol–water partition coefficient (Wildman–Crippen LogP) is 4.38. The fourth-order valence-electron chi connectivity index (χ4n) is 3.82. The van der Waals surface area contributed by atoms with E-state index >= 15 is 0 Å². The summed E-state index contributed by atoms with van der Waals surface area (Å²) in [6.07, 6.45) is 0. The van der Waals surface area contributed by atoms with Gasteiger partial charge in [0.2, 0.25) is 0 Å². The van der Waals surface area contributed by atoms with E-state index < -0.39 is 0 Å². The van der Waals surface area contributed by atoms with Crippen molar-refractivity contribution in [3.63, 3.8) is 0 Å². The molecule has 4 nitrogen and oxygen atoms in total. The first kappa shape index (κ1) is 14.9. The van der Waals surface area contributed by atoms with Crippen LogP contribution >= 0.6 is 0 Å². The van der Waals surface area contributed by atoms with E-state index in [0.717, 1.165) is 35.6 Å². The zero-order chi connectivity index (χ0) is 17.7. The molecule has 2 heterocycles. The first-order chi connectivity index (χ1) is 12.7. The van der Waals surface area contributed by atoms with Gasteiger partial charge in [0.15, 0.2) is 0 Å². The summed E-state index contributed by atoms with van der Waals surface area (Å²) in [5, 5.41) is 16.9. The lowest BCUT2D eigenvalue weighted by atomic mass is 10.1. The molecule has 0 aliphatic carbocycles. The molecule has 0 unspecified atom stereocenters. The molecule has 0 bridgehead atoms. The molecule has 3 aromatic carbocycles. The molecule has 0 amide bonds. The van der Waals surface area contributed by atoms with Crippen LogP contribution in [-0.2, 0) is 13.1 Å². The van der Waals surface area contributed by atoms with Crippen LogP contribution in [0.5, 0.6) is 0 Å². The average molecular weight is 338 g/mol. The van der Waals surface area contributed by atoms with E-state index in [1.807, 2.05) is 70.5 Å². The molecule has 2 N–H and O–H groups in total. The highest BCUT2D eigenvalue weighted by Gasteiger charge is 2.27. The van der Waals surface area contributed by atoms with Crippen molar-refractivity contribution in [2.45, 2.75) is 13.1 Å². The van der Waals surface area contributed by atoms with Crippen molar-refractivity contribution in [3.8, 4) is 0 Å². The van der Waals surface area contributed by atoms with Crippen LogP contribution in [0.25, 0.3) is 0 Å². The number of fused-ring (bicyclic) bond motifs is 2. The highest BCUT2D eigenvalue weighted by Crippen LogP contribution is 2.32. The number of benzene rings is 3. The second-order valence-corrected chi connectivity index (χ2v) is 6.70. The number of hydrogen-bond donors (Lipinski definition) is 2. The summed E-state index contributed by atoms with van der Waals surface area (Å²) in [4.78, 5) is 4.05. The Balaban J connectivity index is 1.41. The molecule has 0 saturated carbocycles. The molecular weight excluding hydrogens is 320 g/mol. The van der Waals surface area contributed by atoms with Crippen LogP contribution in [-0.4, -0.2) is 11.7 Å². The molecule has 126 valence electrons. The maximum atomic E-state index is 8.45. The zero-order valence-electron chi connectivity index (χ0n) is 14.2. The Morgan fingerprint density at radius 2 is 0.923 bits per heavy atom. The third-order valence-electron chi connectivity index (χ3n) is 5.21. The van der Waals surface area contributed by atoms with Gasteiger partial charge in [-0.3, -0.25) is 10.8 Å². The summed E-state index contributed by atoms with van der Waals surface area (Å²) in [7, 11) is 0. The van der Waals surface area contributed by atoms with Crippen molar-refractivity contribution in [3.05, 3.63) is 95.1 Å². The highest BCUT2D eigenvalue weighted by atomic mass is 15.2. The molecule has 26 heavy (non-hydrogen) atoms. The molecule has 0 saturated heterocycles. The van der Waals surface area contributed by atoms with Crippen LogP contribution in [0, 0.1) is 10.8 Å². The lowest BCUT2D eigenvalue weighted by Crippen LogP contribution is -2.24. The van der Waals surface area contributed by atoms with E-state index in [1.54, 1.807) is 0 Å². The van der Waals surface area contributed by atoms with Gasteiger partial charge in [-0.2, -0.15) is 0 Å². The van der Waals surface area contributed by atoms with Gasteiger partial charge in [0, 0.05) is 22.5 Å². The molecular formula is C22H18N4. The number of amidine groups is 2. The lowest BCUT2D eigenvalue weighted by molar-refractivity contribution is 1.03. The Morgan fingerprint density at radius 1 is 0.538 bits per heavy atom. The summed E-state index contributed by atoms with van der Waals surface area (Å²) < 4.78 is 0. The van der Waals surface area contributed by atoms with Crippen molar-refractivity contribution in [2.24, 2.45) is 0 Å². The van der Waals surface area contributed by atoms with Gasteiger partial charge in [-0.15, -0.1) is 0 Å². The van der Waals surface area contributed by atoms with Crippen molar-refractivity contribution < 1.29 is 0 Å². The van der Waals surface area contributed by atoms with Crippen LogP contribution in [0.2, 0.25) is 0 Å². The van der Waals surface area contributed by atoms with E-state index in [2.05, 4.69) is 12.1 Å². The molecule has 0 atom stereocenters. The van der Waals surface area contributed by atoms with Crippen molar-refractivity contribution >= 4 is 23.0 Å². The normalized spacial score (nSPS) is 15.4. The van der Waals surface area contributed by atoms with Gasteiger partial charge < -0.3 is 9.80 Å². The van der Waals surface area contributed by atoms with Gasteiger partial charge in [-0.25, -0.2) is 0 Å². The van der Waals surface area contributed by atoms with Crippen LogP contribution < -0.4 is 9.80 Å². The second-order valence-electron chi connectivity index (χ2n) is 6.70. The fraction of sp³-hybridized carbons (Fsp3) is 0.0909. The Labute approximate surface area is 152 Å². The van der Waals surface area contributed by atoms with E-state index in [-0.39, 0.29) is 0 Å². The van der Waals surface area contributed by atoms with Gasteiger partial charge in [-0.1, -0.05) is 48.5 Å². The molecule has 2 aliphatic heterocycles. The Hall–Kier alpha value is -3.40. The smallest absolute Gasteiger partial charge is 0.133 e. The van der Waals surface area contributed by atoms with Crippen LogP contribution in [0.1, 0.15) is 22.3 Å². The SMILES string of the molecule is N=C1c2ccccc2CN1c1ccc(N2Cc3ccccc3C2=N)cc1. The summed E-state index contributed by atoms with van der Waals surface area (Å²) >= 11 is 0. The number of nitrogens with one attached hydrogen (secondary N) is 2. The molecule has 0 fully saturated rings. The molecule has 3 aromatic rings. The van der Waals surface area contributed by atoms with Gasteiger partial charge in [0.1, 0.15) is 11.7 Å². The molecule has 2 aliphatic rings. The molecule has 0 aromatic heterocycles. The Kier molecular flexibility index (Phi) is 3.19. The number of rotatable bonds is 2. The predicted molar refractivity (Wildman–Crippen MR) is 105 cm³/mol. The summed E-state index contributed by atoms with van der Waals surface area (Å²) in [5.41, 5.74) is 6.43. The maximum absolute atomic E-state index is 8.45. The Morgan fingerprint density at radius 3 is 1.31 bits per heavy atom. The monoisotopic (exact) mass is 338 g/mol. The van der Waals surface area contributed by atoms with E-state index in [4.69, 9.17) is 10.8 Å². The minimum Gasteiger partial charge on any atom is -0.322 e. The molecule has 0 radical (unpaired) electrons. The van der Waals surface area contributed by atoms with Gasteiger partial charge >= 0.3 is 0 Å². The summed E-state index contributed by atoms with van der Waals surface area (Å²) in [6, 6.07) is 24.4. The summed E-state index contributed by atoms with van der Waals surface area (Å²) in [5.74, 6) is 1.10. The highest BCUT2D eigenvalue weighted by molar-refractivity contribution is 6.13. The Bertz CT molecular complexity index is 952. The van der Waals surface area contributed by atoms with E-state index in [9.17, 15) is 0 Å². The first-order valence-electron chi connectivity index (χ1n) is 8.71. The topological polar surface area (TPSA) is 54.2 Å². The van der Waals surface area contributed by atoms with Gasteiger partial charge in [-0.05, 0) is 35.4 Å². The van der Waals surface area contributed by atoms with E-state index in [1.165, 1.54) is 11.1 Å². The first-order valence-corrected chi connectivity index (χ1v) is 8.71. The van der Waals surface area contributed by atoms with Gasteiger partial charge in [0.05, 0.1) is 13.1 Å². The van der Waals surface area contributed by atoms with Crippen LogP contribution in [0.15, 0.2) is 72.8 Å². The average Bonchev–Trinajstić information content (AvgIpc) is 3.20. The van der Waals surface area contributed by atoms with E-state index in [0.29, 0.717) is 11.7 Å². The fourth-order valence-corrected chi connectivity index (χ4v) is 3.82. The third-order valence-corrected chi connectivity index (χ3v) is 5.21. The number of nitrogens with zero attached hydrogens (tertiary/aromatic N) is 2. The van der Waals surface area contributed by atoms with Crippen molar-refractivity contribution in [1.29, 1.82) is 10.8 Å². The number of hydrogen-bond acceptors (Lipinski definition) is 2. The van der Waals surface area contributed by atoms with Crippen molar-refractivity contribution in [1.82, 2.24) is 0 Å². The molecule has 4 heteroatoms. The largest absolute Gasteiger partial charge is 0.322 e. The van der Waals surface area contributed by atoms with Crippen LogP contribution in [0.4, 0.5) is 11.4 Å². The summed E-state index contributed by atoms with van der Waals surface area (Å²) in [6.45, 7) is 1.47. The zero-order valence-corrected chi connectivity index (χ0v) is 14.2. The molecule has 5 rings (SSSR count). The maximum Gasteiger partial charge on any atom is 0.133 e. The number of anilines is 2. The standard InChI is InChI=1S/C22H18N4/c23-21-19-7-3-1-5-15(19)13-25(21)17-9-11-18(12-10-17)26-14-16-6-2-4-8-20(16)22(26)24/h1-12,23-24H,13-14H2. The third kappa shape index (κ3) is 2.15. The van der Waals surface area contributed by atoms with Crippen LogP contribution in [0.3, 0.4) is 0 Å². The minimum absolute atomic E-state index is 0.551. The minimum atomic E-state index is 0.551. The van der Waals surface area contributed by atoms with Gasteiger partial charge in [0.25, 0.3) is 0 Å². The quantitative estimate of drug-likeness (QED) is 0.729. The lowest BCUT2D eigenvalue weighted by Gasteiger charge is -2.21. The van der Waals surface area contributed by atoms with Crippen molar-refractivity contribution in [2.75, 3.05) is 9.80 Å². The second kappa shape index (κ2) is 5.56.